The Bertz CT molecular complexity index is 1400. The summed E-state index contributed by atoms with van der Waals surface area (Å²) in [6.07, 6.45) is 0. The lowest BCUT2D eigenvalue weighted by Gasteiger charge is -2.08. The Kier molecular flexibility index (Phi) is 5.36. The van der Waals surface area contributed by atoms with Crippen LogP contribution in [0.3, 0.4) is 0 Å². The zero-order chi connectivity index (χ0) is 22.3. The number of hydrogen-bond acceptors (Lipinski definition) is 6. The van der Waals surface area contributed by atoms with Crippen LogP contribution in [0.15, 0.2) is 65.6 Å². The van der Waals surface area contributed by atoms with Crippen molar-refractivity contribution in [1.82, 2.24) is 14.8 Å². The SMILES string of the molecule is NS(=O)(=O)c1ccc(-n2nc(-c3ccc(Cl)cc3O)nc2-c2ccc(Cl)cc2O)cc1. The number of phenolic OH excluding ortho intramolecular Hbond substituents is 2. The predicted molar refractivity (Wildman–Crippen MR) is 117 cm³/mol. The van der Waals surface area contributed by atoms with Crippen LogP contribution in [0.1, 0.15) is 0 Å². The van der Waals surface area contributed by atoms with E-state index in [0.717, 1.165) is 0 Å². The quantitative estimate of drug-likeness (QED) is 0.408. The van der Waals surface area contributed by atoms with Gasteiger partial charge in [-0.05, 0) is 60.7 Å². The van der Waals surface area contributed by atoms with Gasteiger partial charge in [-0.15, -0.1) is 5.10 Å². The number of halogens is 2. The fourth-order valence-electron chi connectivity index (χ4n) is 2.95. The first kappa shape index (κ1) is 21.1. The minimum atomic E-state index is -3.87. The Hall–Kier alpha value is -3.11. The van der Waals surface area contributed by atoms with Gasteiger partial charge in [0.25, 0.3) is 0 Å². The molecule has 0 fully saturated rings. The van der Waals surface area contributed by atoms with E-state index in [4.69, 9.17) is 28.3 Å². The van der Waals surface area contributed by atoms with Gasteiger partial charge in [-0.1, -0.05) is 23.2 Å². The summed E-state index contributed by atoms with van der Waals surface area (Å²) in [4.78, 5) is 4.42. The van der Waals surface area contributed by atoms with Gasteiger partial charge in [-0.25, -0.2) is 23.2 Å². The molecule has 31 heavy (non-hydrogen) atoms. The first-order valence-electron chi connectivity index (χ1n) is 8.71. The molecule has 0 bridgehead atoms. The minimum Gasteiger partial charge on any atom is -0.507 e. The van der Waals surface area contributed by atoms with Gasteiger partial charge in [-0.3, -0.25) is 0 Å². The molecule has 3 aromatic carbocycles. The maximum atomic E-state index is 11.6. The molecule has 8 nitrogen and oxygen atoms in total. The maximum Gasteiger partial charge on any atom is 0.238 e. The van der Waals surface area contributed by atoms with Crippen LogP contribution in [0, 0.1) is 0 Å². The molecule has 4 N–H and O–H groups in total. The number of primary sulfonamides is 1. The summed E-state index contributed by atoms with van der Waals surface area (Å²) in [6, 6.07) is 14.7. The van der Waals surface area contributed by atoms with Crippen LogP contribution >= 0.6 is 23.2 Å². The Morgan fingerprint density at radius 2 is 1.39 bits per heavy atom. The van der Waals surface area contributed by atoms with Crippen LogP contribution in [0.25, 0.3) is 28.5 Å². The Balaban J connectivity index is 1.93. The van der Waals surface area contributed by atoms with Gasteiger partial charge in [0.05, 0.1) is 21.7 Å². The standard InChI is InChI=1S/C20H14Cl2N4O4S/c21-11-1-7-15(17(27)9-11)19-24-20(16-8-2-12(22)10-18(16)28)26(25-19)13-3-5-14(6-4-13)31(23,29)30/h1-10,27-28H,(H2,23,29,30). The zero-order valence-corrected chi connectivity index (χ0v) is 17.9. The molecule has 158 valence electrons. The van der Waals surface area contributed by atoms with Crippen LogP contribution in [-0.4, -0.2) is 33.4 Å². The molecule has 4 aromatic rings. The first-order valence-corrected chi connectivity index (χ1v) is 11.0. The number of sulfonamides is 1. The first-order chi connectivity index (χ1) is 14.6. The summed E-state index contributed by atoms with van der Waals surface area (Å²) >= 11 is 11.8. The van der Waals surface area contributed by atoms with E-state index >= 15 is 0 Å². The molecule has 0 saturated heterocycles. The van der Waals surface area contributed by atoms with Crippen LogP contribution in [0.2, 0.25) is 10.0 Å². The monoisotopic (exact) mass is 476 g/mol. The second kappa shape index (κ2) is 7.86. The summed E-state index contributed by atoms with van der Waals surface area (Å²) in [5.74, 6) is 0.145. The third-order valence-electron chi connectivity index (χ3n) is 4.42. The number of aromatic hydroxyl groups is 2. The average molecular weight is 477 g/mol. The second-order valence-corrected chi connectivity index (χ2v) is 8.97. The van der Waals surface area contributed by atoms with E-state index in [1.165, 1.54) is 41.1 Å². The summed E-state index contributed by atoms with van der Waals surface area (Å²) in [5, 5.41) is 31.0. The van der Waals surface area contributed by atoms with Crippen molar-refractivity contribution in [2.75, 3.05) is 0 Å². The summed E-state index contributed by atoms with van der Waals surface area (Å²) in [5.41, 5.74) is 1.09. The molecule has 0 atom stereocenters. The lowest BCUT2D eigenvalue weighted by Crippen LogP contribution is -2.12. The van der Waals surface area contributed by atoms with Crippen molar-refractivity contribution in [3.63, 3.8) is 0 Å². The van der Waals surface area contributed by atoms with Gasteiger partial charge in [0, 0.05) is 10.0 Å². The Morgan fingerprint density at radius 1 is 0.839 bits per heavy atom. The van der Waals surface area contributed by atoms with Gasteiger partial charge in [0.1, 0.15) is 11.5 Å². The van der Waals surface area contributed by atoms with Crippen LogP contribution < -0.4 is 5.14 Å². The lowest BCUT2D eigenvalue weighted by atomic mass is 10.1. The molecule has 1 aromatic heterocycles. The normalized spacial score (nSPS) is 11.6. The fourth-order valence-corrected chi connectivity index (χ4v) is 3.79. The van der Waals surface area contributed by atoms with Crippen molar-refractivity contribution in [3.05, 3.63) is 70.7 Å². The molecule has 11 heteroatoms. The Labute approximate surface area is 187 Å². The van der Waals surface area contributed by atoms with Crippen molar-refractivity contribution in [3.8, 4) is 40.0 Å². The number of phenols is 2. The van der Waals surface area contributed by atoms with Gasteiger partial charge >= 0.3 is 0 Å². The van der Waals surface area contributed by atoms with E-state index in [-0.39, 0.29) is 28.0 Å². The van der Waals surface area contributed by atoms with E-state index in [1.807, 2.05) is 0 Å². The number of rotatable bonds is 4. The summed E-state index contributed by atoms with van der Waals surface area (Å²) < 4.78 is 24.5. The highest BCUT2D eigenvalue weighted by molar-refractivity contribution is 7.89. The number of benzene rings is 3. The molecule has 0 saturated carbocycles. The third kappa shape index (κ3) is 4.21. The van der Waals surface area contributed by atoms with E-state index in [0.29, 0.717) is 26.9 Å². The maximum absolute atomic E-state index is 11.6. The largest absolute Gasteiger partial charge is 0.507 e. The molecule has 4 rings (SSSR count). The number of aromatic nitrogens is 3. The highest BCUT2D eigenvalue weighted by atomic mass is 35.5. The molecule has 0 aliphatic rings. The zero-order valence-electron chi connectivity index (χ0n) is 15.6. The molecular formula is C20H14Cl2N4O4S. The average Bonchev–Trinajstić information content (AvgIpc) is 3.12. The van der Waals surface area contributed by atoms with Crippen molar-refractivity contribution < 1.29 is 18.6 Å². The van der Waals surface area contributed by atoms with Crippen LogP contribution in [0.5, 0.6) is 11.5 Å². The minimum absolute atomic E-state index is 0.0668. The fraction of sp³-hybridized carbons (Fsp3) is 0. The molecule has 1 heterocycles. The van der Waals surface area contributed by atoms with Crippen molar-refractivity contribution >= 4 is 33.2 Å². The van der Waals surface area contributed by atoms with Crippen LogP contribution in [-0.2, 0) is 10.0 Å². The molecule has 0 aliphatic heterocycles. The predicted octanol–water partition coefficient (Wildman–Crippen LogP) is 3.97. The van der Waals surface area contributed by atoms with Crippen LogP contribution in [0.4, 0.5) is 0 Å². The van der Waals surface area contributed by atoms with Gasteiger partial charge in [-0.2, -0.15) is 0 Å². The third-order valence-corrected chi connectivity index (χ3v) is 5.82. The summed E-state index contributed by atoms with van der Waals surface area (Å²) in [6.45, 7) is 0. The van der Waals surface area contributed by atoms with E-state index in [2.05, 4.69) is 10.1 Å². The van der Waals surface area contributed by atoms with E-state index in [1.54, 1.807) is 24.3 Å². The second-order valence-electron chi connectivity index (χ2n) is 6.53. The molecule has 0 aliphatic carbocycles. The highest BCUT2D eigenvalue weighted by Gasteiger charge is 2.20. The van der Waals surface area contributed by atoms with Crippen molar-refractivity contribution in [2.45, 2.75) is 4.90 Å². The lowest BCUT2D eigenvalue weighted by molar-refractivity contribution is 0.476. The molecular weight excluding hydrogens is 463 g/mol. The number of nitrogens with two attached hydrogens (primary N) is 1. The van der Waals surface area contributed by atoms with Crippen molar-refractivity contribution in [1.29, 1.82) is 0 Å². The Morgan fingerprint density at radius 3 is 1.90 bits per heavy atom. The molecule has 0 radical (unpaired) electrons. The smallest absolute Gasteiger partial charge is 0.238 e. The topological polar surface area (TPSA) is 131 Å². The molecule has 0 spiro atoms. The molecule has 0 unspecified atom stereocenters. The highest BCUT2D eigenvalue weighted by Crippen LogP contribution is 2.35. The van der Waals surface area contributed by atoms with Gasteiger partial charge in [0.2, 0.25) is 10.0 Å². The van der Waals surface area contributed by atoms with Gasteiger partial charge < -0.3 is 10.2 Å². The van der Waals surface area contributed by atoms with E-state index in [9.17, 15) is 18.6 Å². The van der Waals surface area contributed by atoms with E-state index < -0.39 is 10.0 Å². The molecule has 0 amide bonds. The number of nitrogens with zero attached hydrogens (tertiary/aromatic N) is 3. The van der Waals surface area contributed by atoms with Crippen molar-refractivity contribution in [2.24, 2.45) is 5.14 Å². The van der Waals surface area contributed by atoms with Gasteiger partial charge in [0.15, 0.2) is 11.6 Å². The number of hydrogen-bond donors (Lipinski definition) is 3. The summed E-state index contributed by atoms with van der Waals surface area (Å²) in [7, 11) is -3.87.